The topological polar surface area (TPSA) is 86.1 Å². The Labute approximate surface area is 177 Å². The number of para-hydroxylation sites is 1. The van der Waals surface area contributed by atoms with E-state index in [1.165, 1.54) is 32.2 Å². The molecule has 156 valence electrons. The van der Waals surface area contributed by atoms with Gasteiger partial charge < -0.3 is 18.8 Å². The van der Waals surface area contributed by atoms with Gasteiger partial charge in [0.2, 0.25) is 5.91 Å². The SMILES string of the molecule is COC(=O)c1ccccc1N(C)C(=O)Cc1c(C)c2cc(Cl)c(OC)cc2oc1=O. The molecule has 0 aliphatic heterocycles. The number of hydrogen-bond acceptors (Lipinski definition) is 6. The van der Waals surface area contributed by atoms with Gasteiger partial charge in [-0.1, -0.05) is 23.7 Å². The van der Waals surface area contributed by atoms with Crippen LogP contribution in [0.4, 0.5) is 5.69 Å². The molecule has 0 saturated heterocycles. The van der Waals surface area contributed by atoms with Crippen molar-refractivity contribution in [3.05, 3.63) is 68.5 Å². The number of fused-ring (bicyclic) bond motifs is 1. The van der Waals surface area contributed by atoms with Crippen LogP contribution in [0.3, 0.4) is 0 Å². The standard InChI is InChI=1S/C22H20ClNO6/c1-12-14-9-16(23)19(28-3)11-18(14)30-22(27)15(12)10-20(25)24(2)17-8-6-5-7-13(17)21(26)29-4/h5-9,11H,10H2,1-4H3. The van der Waals surface area contributed by atoms with E-state index < -0.39 is 11.6 Å². The molecule has 0 atom stereocenters. The molecule has 3 rings (SSSR count). The van der Waals surface area contributed by atoms with Crippen LogP contribution in [-0.4, -0.2) is 33.1 Å². The van der Waals surface area contributed by atoms with E-state index >= 15 is 0 Å². The van der Waals surface area contributed by atoms with Crippen LogP contribution in [0, 0.1) is 6.92 Å². The molecule has 0 radical (unpaired) electrons. The van der Waals surface area contributed by atoms with Crippen LogP contribution in [0.5, 0.6) is 5.75 Å². The summed E-state index contributed by atoms with van der Waals surface area (Å²) >= 11 is 6.20. The van der Waals surface area contributed by atoms with Crippen LogP contribution in [0.15, 0.2) is 45.6 Å². The summed E-state index contributed by atoms with van der Waals surface area (Å²) in [5.41, 5.74) is 1.14. The molecule has 0 fully saturated rings. The molecule has 1 aromatic heterocycles. The van der Waals surface area contributed by atoms with Gasteiger partial charge in [0.25, 0.3) is 0 Å². The van der Waals surface area contributed by atoms with Crippen molar-refractivity contribution in [3.63, 3.8) is 0 Å². The van der Waals surface area contributed by atoms with Crippen molar-refractivity contribution >= 4 is 40.1 Å². The number of nitrogens with zero attached hydrogens (tertiary/aromatic N) is 1. The lowest BCUT2D eigenvalue weighted by atomic mass is 10.0. The first-order chi connectivity index (χ1) is 14.3. The lowest BCUT2D eigenvalue weighted by Gasteiger charge is -2.20. The number of halogens is 1. The first-order valence-corrected chi connectivity index (χ1v) is 9.40. The summed E-state index contributed by atoms with van der Waals surface area (Å²) in [5, 5.41) is 0.976. The highest BCUT2D eigenvalue weighted by Gasteiger charge is 2.22. The van der Waals surface area contributed by atoms with Crippen molar-refractivity contribution in [2.75, 3.05) is 26.2 Å². The van der Waals surface area contributed by atoms with Crippen LogP contribution < -0.4 is 15.3 Å². The third kappa shape index (κ3) is 3.89. The van der Waals surface area contributed by atoms with Gasteiger partial charge in [-0.15, -0.1) is 0 Å². The highest BCUT2D eigenvalue weighted by molar-refractivity contribution is 6.32. The van der Waals surface area contributed by atoms with E-state index in [2.05, 4.69) is 0 Å². The second-order valence-electron chi connectivity index (χ2n) is 6.61. The number of carbonyl (C=O) groups is 2. The zero-order valence-electron chi connectivity index (χ0n) is 16.9. The van der Waals surface area contributed by atoms with Gasteiger partial charge >= 0.3 is 11.6 Å². The quantitative estimate of drug-likeness (QED) is 0.453. The van der Waals surface area contributed by atoms with E-state index in [0.717, 1.165) is 0 Å². The van der Waals surface area contributed by atoms with E-state index in [4.69, 9.17) is 25.5 Å². The van der Waals surface area contributed by atoms with Gasteiger partial charge in [-0.2, -0.15) is 0 Å². The zero-order valence-corrected chi connectivity index (χ0v) is 17.7. The van der Waals surface area contributed by atoms with E-state index in [9.17, 15) is 14.4 Å². The largest absolute Gasteiger partial charge is 0.495 e. The van der Waals surface area contributed by atoms with Crippen molar-refractivity contribution in [2.24, 2.45) is 0 Å². The van der Waals surface area contributed by atoms with Crippen molar-refractivity contribution in [1.29, 1.82) is 0 Å². The number of benzene rings is 2. The Morgan fingerprint density at radius 1 is 1.17 bits per heavy atom. The number of anilines is 1. The number of methoxy groups -OCH3 is 2. The van der Waals surface area contributed by atoms with Gasteiger partial charge in [0.1, 0.15) is 11.3 Å². The van der Waals surface area contributed by atoms with Crippen molar-refractivity contribution < 1.29 is 23.5 Å². The summed E-state index contributed by atoms with van der Waals surface area (Å²) in [6, 6.07) is 9.75. The molecule has 0 bridgehead atoms. The van der Waals surface area contributed by atoms with E-state index in [1.54, 1.807) is 37.3 Å². The van der Waals surface area contributed by atoms with Gasteiger partial charge in [-0.3, -0.25) is 4.79 Å². The average molecular weight is 430 g/mol. The number of esters is 1. The third-order valence-corrected chi connectivity index (χ3v) is 5.23. The normalized spacial score (nSPS) is 10.7. The fourth-order valence-electron chi connectivity index (χ4n) is 3.20. The van der Waals surface area contributed by atoms with E-state index in [0.29, 0.717) is 33.0 Å². The first kappa shape index (κ1) is 21.4. The van der Waals surface area contributed by atoms with Gasteiger partial charge in [-0.25, -0.2) is 9.59 Å². The summed E-state index contributed by atoms with van der Waals surface area (Å²) in [5.74, 6) is -0.564. The van der Waals surface area contributed by atoms with Gasteiger partial charge in [-0.05, 0) is 30.7 Å². The zero-order chi connectivity index (χ0) is 22.0. The number of rotatable bonds is 5. The fraction of sp³-hybridized carbons (Fsp3) is 0.227. The molecule has 30 heavy (non-hydrogen) atoms. The molecule has 0 unspecified atom stereocenters. The van der Waals surface area contributed by atoms with E-state index in [-0.39, 0.29) is 23.5 Å². The lowest BCUT2D eigenvalue weighted by Crippen LogP contribution is -2.31. The predicted molar refractivity (Wildman–Crippen MR) is 114 cm³/mol. The van der Waals surface area contributed by atoms with Crippen LogP contribution in [0.2, 0.25) is 5.02 Å². The first-order valence-electron chi connectivity index (χ1n) is 9.02. The Hall–Kier alpha value is -3.32. The van der Waals surface area contributed by atoms with Gasteiger partial charge in [0, 0.05) is 18.5 Å². The van der Waals surface area contributed by atoms with Crippen molar-refractivity contribution in [1.82, 2.24) is 0 Å². The number of aryl methyl sites for hydroxylation is 1. The van der Waals surface area contributed by atoms with Gasteiger partial charge in [0.15, 0.2) is 0 Å². The highest BCUT2D eigenvalue weighted by Crippen LogP contribution is 2.32. The third-order valence-electron chi connectivity index (χ3n) is 4.93. The maximum atomic E-state index is 12.9. The summed E-state index contributed by atoms with van der Waals surface area (Å²) in [6.07, 6.45) is -0.209. The molecule has 3 aromatic rings. The summed E-state index contributed by atoms with van der Waals surface area (Å²) in [6.45, 7) is 1.73. The Morgan fingerprint density at radius 3 is 2.53 bits per heavy atom. The summed E-state index contributed by atoms with van der Waals surface area (Å²) in [7, 11) is 4.27. The minimum absolute atomic E-state index is 0.209. The number of amides is 1. The fourth-order valence-corrected chi connectivity index (χ4v) is 3.44. The Bertz CT molecular complexity index is 1200. The van der Waals surface area contributed by atoms with Crippen LogP contribution in [-0.2, 0) is 16.0 Å². The monoisotopic (exact) mass is 429 g/mol. The number of likely N-dealkylation sites (N-methyl/N-ethyl adjacent to an activating group) is 1. The Morgan fingerprint density at radius 2 is 1.87 bits per heavy atom. The van der Waals surface area contributed by atoms with Crippen LogP contribution in [0.25, 0.3) is 11.0 Å². The molecule has 1 heterocycles. The lowest BCUT2D eigenvalue weighted by molar-refractivity contribution is -0.117. The van der Waals surface area contributed by atoms with Crippen molar-refractivity contribution in [3.8, 4) is 5.75 Å². The second kappa shape index (κ2) is 8.59. The number of hydrogen-bond donors (Lipinski definition) is 0. The second-order valence-corrected chi connectivity index (χ2v) is 7.02. The summed E-state index contributed by atoms with van der Waals surface area (Å²) in [4.78, 5) is 38.8. The smallest absolute Gasteiger partial charge is 0.340 e. The predicted octanol–water partition coefficient (Wildman–Crippen LogP) is 3.76. The highest BCUT2D eigenvalue weighted by atomic mass is 35.5. The molecule has 0 saturated carbocycles. The minimum Gasteiger partial charge on any atom is -0.495 e. The molecular formula is C22H20ClNO6. The number of carbonyl (C=O) groups excluding carboxylic acids is 2. The average Bonchev–Trinajstić information content (AvgIpc) is 2.75. The van der Waals surface area contributed by atoms with E-state index in [1.807, 2.05) is 0 Å². The maximum Gasteiger partial charge on any atom is 0.340 e. The summed E-state index contributed by atoms with van der Waals surface area (Å²) < 4.78 is 15.3. The van der Waals surface area contributed by atoms with Crippen molar-refractivity contribution in [2.45, 2.75) is 13.3 Å². The molecule has 8 heteroatoms. The molecule has 0 N–H and O–H groups in total. The number of ether oxygens (including phenoxy) is 2. The molecule has 0 aliphatic rings. The molecular weight excluding hydrogens is 410 g/mol. The molecule has 7 nitrogen and oxygen atoms in total. The van der Waals surface area contributed by atoms with Gasteiger partial charge in [0.05, 0.1) is 42.5 Å². The Balaban J connectivity index is 1.99. The Kier molecular flexibility index (Phi) is 6.12. The maximum absolute atomic E-state index is 12.9. The van der Waals surface area contributed by atoms with Crippen LogP contribution >= 0.6 is 11.6 Å². The molecule has 1 amide bonds. The molecule has 2 aromatic carbocycles. The molecule has 0 aliphatic carbocycles. The molecule has 0 spiro atoms. The minimum atomic E-state index is -0.618. The van der Waals surface area contributed by atoms with Crippen LogP contribution in [0.1, 0.15) is 21.5 Å².